The molecule has 0 saturated carbocycles. The van der Waals surface area contributed by atoms with Crippen LogP contribution in [0.3, 0.4) is 0 Å². The highest BCUT2D eigenvalue weighted by Crippen LogP contribution is 2.30. The molecule has 2 N–H and O–H groups in total. The molecule has 1 unspecified atom stereocenters. The molecule has 2 rings (SSSR count). The molecule has 1 aromatic rings. The van der Waals surface area contributed by atoms with Gasteiger partial charge >= 0.3 is 12.0 Å². The van der Waals surface area contributed by atoms with Crippen molar-refractivity contribution < 1.29 is 14.7 Å². The zero-order valence-corrected chi connectivity index (χ0v) is 13.8. The maximum atomic E-state index is 12.3. The molecule has 0 aromatic carbocycles. The Kier molecular flexibility index (Phi) is 5.16. The number of urea groups is 1. The molecular formula is C14H20N2O3S2. The number of carbonyl (C=O) groups is 2. The van der Waals surface area contributed by atoms with Gasteiger partial charge in [0.15, 0.2) is 6.04 Å². The number of carbonyl (C=O) groups excluding carboxylic acids is 1. The van der Waals surface area contributed by atoms with Gasteiger partial charge in [-0.15, -0.1) is 11.3 Å². The highest BCUT2D eigenvalue weighted by molar-refractivity contribution is 8.00. The third-order valence-electron chi connectivity index (χ3n) is 3.47. The summed E-state index contributed by atoms with van der Waals surface area (Å²) >= 11 is 3.18. The standard InChI is InChI=1S/C14H20N2O3S2/c1-14(2)5-6-16(7-9-21-14)13(19)15-11(12(17)18)10-4-3-8-20-10/h3-4,8,11H,5-7,9H2,1-2H3,(H,15,19)(H,17,18). The van der Waals surface area contributed by atoms with Gasteiger partial charge < -0.3 is 15.3 Å². The predicted octanol–water partition coefficient (Wildman–Crippen LogP) is 2.80. The van der Waals surface area contributed by atoms with Gasteiger partial charge in [-0.05, 0) is 17.9 Å². The first kappa shape index (κ1) is 16.2. The molecule has 1 fully saturated rings. The van der Waals surface area contributed by atoms with Gasteiger partial charge in [0.25, 0.3) is 0 Å². The summed E-state index contributed by atoms with van der Waals surface area (Å²) in [6, 6.07) is 2.24. The minimum Gasteiger partial charge on any atom is -0.479 e. The van der Waals surface area contributed by atoms with Gasteiger partial charge in [0.2, 0.25) is 0 Å². The molecule has 116 valence electrons. The van der Waals surface area contributed by atoms with Crippen molar-refractivity contribution in [1.29, 1.82) is 0 Å². The van der Waals surface area contributed by atoms with Gasteiger partial charge in [-0.2, -0.15) is 11.8 Å². The van der Waals surface area contributed by atoms with Crippen LogP contribution in [0.15, 0.2) is 17.5 Å². The molecule has 5 nitrogen and oxygen atoms in total. The fraction of sp³-hybridized carbons (Fsp3) is 0.571. The number of hydrogen-bond donors (Lipinski definition) is 2. The first-order valence-corrected chi connectivity index (χ1v) is 8.71. The highest BCUT2D eigenvalue weighted by atomic mass is 32.2. The van der Waals surface area contributed by atoms with E-state index < -0.39 is 12.0 Å². The van der Waals surface area contributed by atoms with Crippen molar-refractivity contribution in [3.05, 3.63) is 22.4 Å². The molecule has 1 aromatic heterocycles. The topological polar surface area (TPSA) is 69.6 Å². The van der Waals surface area contributed by atoms with Crippen molar-refractivity contribution in [2.24, 2.45) is 0 Å². The maximum absolute atomic E-state index is 12.3. The van der Waals surface area contributed by atoms with E-state index in [0.717, 1.165) is 12.2 Å². The monoisotopic (exact) mass is 328 g/mol. The van der Waals surface area contributed by atoms with E-state index >= 15 is 0 Å². The molecular weight excluding hydrogens is 308 g/mol. The molecule has 7 heteroatoms. The summed E-state index contributed by atoms with van der Waals surface area (Å²) in [4.78, 5) is 26.0. The SMILES string of the molecule is CC1(C)CCN(C(=O)NC(C(=O)O)c2cccs2)CCS1. The van der Waals surface area contributed by atoms with Gasteiger partial charge in [0.05, 0.1) is 0 Å². The van der Waals surface area contributed by atoms with Crippen molar-refractivity contribution in [2.45, 2.75) is 31.1 Å². The summed E-state index contributed by atoms with van der Waals surface area (Å²) in [5.41, 5.74) is 0. The second-order valence-electron chi connectivity index (χ2n) is 5.58. The fourth-order valence-electron chi connectivity index (χ4n) is 2.15. The predicted molar refractivity (Wildman–Crippen MR) is 86.0 cm³/mol. The smallest absolute Gasteiger partial charge is 0.331 e. The minimum absolute atomic E-state index is 0.162. The van der Waals surface area contributed by atoms with Gasteiger partial charge in [-0.1, -0.05) is 19.9 Å². The number of nitrogens with zero attached hydrogens (tertiary/aromatic N) is 1. The van der Waals surface area contributed by atoms with E-state index in [1.165, 1.54) is 11.3 Å². The van der Waals surface area contributed by atoms with Crippen LogP contribution in [0.2, 0.25) is 0 Å². The lowest BCUT2D eigenvalue weighted by atomic mass is 10.1. The van der Waals surface area contributed by atoms with Crippen LogP contribution in [-0.2, 0) is 4.79 Å². The third kappa shape index (κ3) is 4.38. The first-order chi connectivity index (χ1) is 9.89. The molecule has 1 saturated heterocycles. The number of aliphatic carboxylic acids is 1. The minimum atomic E-state index is -1.03. The number of carboxylic acids is 1. The molecule has 0 bridgehead atoms. The van der Waals surface area contributed by atoms with Crippen LogP contribution < -0.4 is 5.32 Å². The summed E-state index contributed by atoms with van der Waals surface area (Å²) in [5, 5.41) is 13.7. The van der Waals surface area contributed by atoms with Crippen molar-refractivity contribution in [2.75, 3.05) is 18.8 Å². The van der Waals surface area contributed by atoms with E-state index in [1.54, 1.807) is 17.0 Å². The van der Waals surface area contributed by atoms with E-state index in [-0.39, 0.29) is 10.8 Å². The van der Waals surface area contributed by atoms with Crippen LogP contribution in [0.4, 0.5) is 4.79 Å². The van der Waals surface area contributed by atoms with Gasteiger partial charge in [0, 0.05) is 28.5 Å². The normalized spacial score (nSPS) is 19.6. The second kappa shape index (κ2) is 6.70. The Hall–Kier alpha value is -1.21. The van der Waals surface area contributed by atoms with Crippen LogP contribution in [0.5, 0.6) is 0 Å². The Balaban J connectivity index is 2.01. The summed E-state index contributed by atoms with van der Waals surface area (Å²) in [5.74, 6) is -0.160. The van der Waals surface area contributed by atoms with Crippen molar-refractivity contribution in [1.82, 2.24) is 10.2 Å². The van der Waals surface area contributed by atoms with Crippen LogP contribution >= 0.6 is 23.1 Å². The van der Waals surface area contributed by atoms with Crippen molar-refractivity contribution >= 4 is 35.1 Å². The quantitative estimate of drug-likeness (QED) is 0.895. The summed E-state index contributed by atoms with van der Waals surface area (Å²) < 4.78 is 0.162. The molecule has 0 spiro atoms. The molecule has 0 aliphatic carbocycles. The Morgan fingerprint density at radius 3 is 2.81 bits per heavy atom. The van der Waals surface area contributed by atoms with Crippen LogP contribution in [0, 0.1) is 0 Å². The van der Waals surface area contributed by atoms with E-state index in [2.05, 4.69) is 19.2 Å². The summed E-state index contributed by atoms with van der Waals surface area (Å²) in [6.45, 7) is 5.65. The van der Waals surface area contributed by atoms with Crippen LogP contribution in [0.25, 0.3) is 0 Å². The number of thiophene rings is 1. The number of rotatable bonds is 3. The molecule has 1 aliphatic rings. The van der Waals surface area contributed by atoms with E-state index in [1.807, 2.05) is 17.1 Å². The highest BCUT2D eigenvalue weighted by Gasteiger charge is 2.29. The molecule has 1 atom stereocenters. The Labute approximate surface area is 132 Å². The van der Waals surface area contributed by atoms with Crippen LogP contribution in [-0.4, -0.2) is 45.6 Å². The molecule has 1 aliphatic heterocycles. The number of nitrogens with one attached hydrogen (secondary N) is 1. The number of carboxylic acid groups (broad SMARTS) is 1. The Bertz CT molecular complexity index is 502. The lowest BCUT2D eigenvalue weighted by molar-refractivity contribution is -0.139. The van der Waals surface area contributed by atoms with Gasteiger partial charge in [0.1, 0.15) is 0 Å². The zero-order chi connectivity index (χ0) is 15.5. The van der Waals surface area contributed by atoms with Crippen LogP contribution in [0.1, 0.15) is 31.2 Å². The van der Waals surface area contributed by atoms with E-state index in [9.17, 15) is 14.7 Å². The van der Waals surface area contributed by atoms with Gasteiger partial charge in [-0.25, -0.2) is 9.59 Å². The van der Waals surface area contributed by atoms with E-state index in [4.69, 9.17) is 0 Å². The fourth-order valence-corrected chi connectivity index (χ4v) is 4.02. The maximum Gasteiger partial charge on any atom is 0.331 e. The first-order valence-electron chi connectivity index (χ1n) is 6.85. The number of hydrogen-bond acceptors (Lipinski definition) is 4. The van der Waals surface area contributed by atoms with E-state index in [0.29, 0.717) is 18.0 Å². The zero-order valence-electron chi connectivity index (χ0n) is 12.2. The Morgan fingerprint density at radius 1 is 1.43 bits per heavy atom. The molecule has 2 heterocycles. The molecule has 21 heavy (non-hydrogen) atoms. The lowest BCUT2D eigenvalue weighted by Crippen LogP contribution is -2.44. The third-order valence-corrected chi connectivity index (χ3v) is 5.78. The molecule has 0 radical (unpaired) electrons. The Morgan fingerprint density at radius 2 is 2.19 bits per heavy atom. The van der Waals surface area contributed by atoms with Crippen molar-refractivity contribution in [3.8, 4) is 0 Å². The largest absolute Gasteiger partial charge is 0.479 e. The summed E-state index contributed by atoms with van der Waals surface area (Å²) in [6.07, 6.45) is 0.905. The number of thioether (sulfide) groups is 1. The van der Waals surface area contributed by atoms with Crippen molar-refractivity contribution in [3.63, 3.8) is 0 Å². The summed E-state index contributed by atoms with van der Waals surface area (Å²) in [7, 11) is 0. The van der Waals surface area contributed by atoms with Gasteiger partial charge in [-0.3, -0.25) is 0 Å². The molecule has 2 amide bonds. The average molecular weight is 328 g/mol. The average Bonchev–Trinajstić information content (AvgIpc) is 2.86. The second-order valence-corrected chi connectivity index (χ2v) is 8.36. The lowest BCUT2D eigenvalue weighted by Gasteiger charge is -2.24. The number of amides is 2.